The monoisotopic (exact) mass is 432 g/mol. The molecule has 2 N–H and O–H groups in total. The van der Waals surface area contributed by atoms with Crippen LogP contribution in [-0.2, 0) is 21.2 Å². The lowest BCUT2D eigenvalue weighted by Crippen LogP contribution is -2.17. The molecule has 0 fully saturated rings. The van der Waals surface area contributed by atoms with Crippen molar-refractivity contribution in [3.63, 3.8) is 0 Å². The van der Waals surface area contributed by atoms with Crippen LogP contribution in [0.2, 0.25) is 5.02 Å². The topological polar surface area (TPSA) is 75.3 Å². The Morgan fingerprint density at radius 2 is 1.72 bits per heavy atom. The summed E-state index contributed by atoms with van der Waals surface area (Å²) < 4.78 is 41.5. The first-order chi connectivity index (χ1) is 13.7. The molecule has 0 aliphatic heterocycles. The number of hydrogen-bond acceptors (Lipinski definition) is 3. The molecule has 0 atom stereocenters. The number of amides is 1. The number of anilines is 2. The minimum atomic E-state index is -4.04. The molecular weight excluding hydrogens is 415 g/mol. The van der Waals surface area contributed by atoms with Gasteiger partial charge in [0.1, 0.15) is 5.82 Å². The first-order valence-electron chi connectivity index (χ1n) is 8.67. The molecule has 0 saturated carbocycles. The summed E-state index contributed by atoms with van der Waals surface area (Å²) in [6.07, 6.45) is 0.112. The number of sulfonamides is 1. The summed E-state index contributed by atoms with van der Waals surface area (Å²) in [6, 6.07) is 16.9. The molecule has 0 bridgehead atoms. The Hall–Kier alpha value is -2.90. The molecule has 3 aromatic carbocycles. The number of benzene rings is 3. The molecule has 0 aromatic heterocycles. The van der Waals surface area contributed by atoms with Gasteiger partial charge in [-0.15, -0.1) is 0 Å². The predicted molar refractivity (Wildman–Crippen MR) is 112 cm³/mol. The number of halogens is 2. The van der Waals surface area contributed by atoms with Gasteiger partial charge >= 0.3 is 0 Å². The van der Waals surface area contributed by atoms with E-state index < -0.39 is 15.8 Å². The van der Waals surface area contributed by atoms with Crippen molar-refractivity contribution in [3.8, 4) is 0 Å². The minimum absolute atomic E-state index is 0.0509. The van der Waals surface area contributed by atoms with Gasteiger partial charge in [0.2, 0.25) is 5.91 Å². The lowest BCUT2D eigenvalue weighted by molar-refractivity contribution is -0.115. The van der Waals surface area contributed by atoms with Gasteiger partial charge in [-0.1, -0.05) is 41.9 Å². The van der Waals surface area contributed by atoms with Gasteiger partial charge in [0.15, 0.2) is 0 Å². The number of carbonyl (C=O) groups excluding carboxylic acids is 1. The average Bonchev–Trinajstić information content (AvgIpc) is 2.67. The Morgan fingerprint density at radius 3 is 2.41 bits per heavy atom. The van der Waals surface area contributed by atoms with Crippen molar-refractivity contribution in [2.75, 3.05) is 10.0 Å². The molecule has 3 rings (SSSR count). The molecule has 0 unspecified atom stereocenters. The zero-order valence-corrected chi connectivity index (χ0v) is 17.0. The minimum Gasteiger partial charge on any atom is -0.326 e. The van der Waals surface area contributed by atoms with Crippen molar-refractivity contribution < 1.29 is 17.6 Å². The molecule has 5 nitrogen and oxygen atoms in total. The van der Waals surface area contributed by atoms with E-state index in [-0.39, 0.29) is 22.9 Å². The maximum atomic E-state index is 13.8. The van der Waals surface area contributed by atoms with E-state index in [1.54, 1.807) is 43.3 Å². The Kier molecular flexibility index (Phi) is 6.20. The van der Waals surface area contributed by atoms with Crippen molar-refractivity contribution in [3.05, 3.63) is 88.7 Å². The Balaban J connectivity index is 1.79. The van der Waals surface area contributed by atoms with E-state index >= 15 is 0 Å². The molecule has 3 aromatic rings. The Labute approximate surface area is 173 Å². The summed E-state index contributed by atoms with van der Waals surface area (Å²) in [5.74, 6) is -0.984. The molecule has 0 spiro atoms. The first-order valence-corrected chi connectivity index (χ1v) is 10.5. The maximum absolute atomic E-state index is 13.8. The number of nitrogens with one attached hydrogen (secondary N) is 2. The van der Waals surface area contributed by atoms with Crippen LogP contribution in [0.1, 0.15) is 11.1 Å². The molecule has 8 heteroatoms. The van der Waals surface area contributed by atoms with E-state index in [0.717, 1.165) is 11.6 Å². The number of aryl methyl sites for hydroxylation is 1. The number of rotatable bonds is 6. The van der Waals surface area contributed by atoms with Gasteiger partial charge in [0.25, 0.3) is 10.0 Å². The smallest absolute Gasteiger partial charge is 0.262 e. The van der Waals surface area contributed by atoms with Crippen LogP contribution in [0.25, 0.3) is 0 Å². The fourth-order valence-corrected chi connectivity index (χ4v) is 4.17. The zero-order chi connectivity index (χ0) is 21.0. The summed E-state index contributed by atoms with van der Waals surface area (Å²) in [4.78, 5) is 12.2. The second kappa shape index (κ2) is 8.63. The first kappa shape index (κ1) is 20.8. The van der Waals surface area contributed by atoms with Crippen LogP contribution in [0.4, 0.5) is 15.8 Å². The molecule has 0 heterocycles. The van der Waals surface area contributed by atoms with Crippen LogP contribution >= 0.6 is 11.6 Å². The average molecular weight is 433 g/mol. The molecule has 29 heavy (non-hydrogen) atoms. The third kappa shape index (κ3) is 5.34. The summed E-state index contributed by atoms with van der Waals surface area (Å²) in [5.41, 5.74) is 1.41. The maximum Gasteiger partial charge on any atom is 0.262 e. The van der Waals surface area contributed by atoms with Crippen LogP contribution in [0, 0.1) is 12.7 Å². The molecule has 150 valence electrons. The summed E-state index contributed by atoms with van der Waals surface area (Å²) in [6.45, 7) is 1.62. The Morgan fingerprint density at radius 1 is 1.03 bits per heavy atom. The van der Waals surface area contributed by atoms with Crippen LogP contribution in [0.5, 0.6) is 0 Å². The molecule has 0 aliphatic carbocycles. The van der Waals surface area contributed by atoms with Crippen molar-refractivity contribution in [2.45, 2.75) is 18.2 Å². The van der Waals surface area contributed by atoms with Crippen molar-refractivity contribution in [1.82, 2.24) is 0 Å². The molecule has 0 saturated heterocycles. The SMILES string of the molecule is Cc1ccc(NC(=O)Cc2ccc(Cl)cc2)cc1S(=O)(=O)Nc1ccccc1F. The van der Waals surface area contributed by atoms with Gasteiger partial charge < -0.3 is 5.32 Å². The predicted octanol–water partition coefficient (Wildman–Crippen LogP) is 4.77. The van der Waals surface area contributed by atoms with Gasteiger partial charge in [-0.3, -0.25) is 9.52 Å². The number of para-hydroxylation sites is 1. The van der Waals surface area contributed by atoms with Crippen molar-refractivity contribution >= 4 is 38.9 Å². The Bertz CT molecular complexity index is 1150. The highest BCUT2D eigenvalue weighted by Gasteiger charge is 2.19. The van der Waals surface area contributed by atoms with Gasteiger partial charge in [-0.25, -0.2) is 12.8 Å². The quantitative estimate of drug-likeness (QED) is 0.589. The molecule has 0 aliphatic rings. The molecule has 0 radical (unpaired) electrons. The normalized spacial score (nSPS) is 11.1. The van der Waals surface area contributed by atoms with Crippen LogP contribution in [0.3, 0.4) is 0 Å². The second-order valence-corrected chi connectivity index (χ2v) is 8.50. The van der Waals surface area contributed by atoms with E-state index in [4.69, 9.17) is 11.6 Å². The fraction of sp³-hybridized carbons (Fsp3) is 0.0952. The highest BCUT2D eigenvalue weighted by atomic mass is 35.5. The standard InChI is InChI=1S/C21H18ClFN2O3S/c1-14-6-11-17(24-21(26)12-15-7-9-16(22)10-8-15)13-20(14)29(27,28)25-19-5-3-2-4-18(19)23/h2-11,13,25H,12H2,1H3,(H,24,26). The fourth-order valence-electron chi connectivity index (χ4n) is 2.70. The van der Waals surface area contributed by atoms with Gasteiger partial charge in [0, 0.05) is 10.7 Å². The lowest BCUT2D eigenvalue weighted by Gasteiger charge is -2.13. The lowest BCUT2D eigenvalue weighted by atomic mass is 10.1. The summed E-state index contributed by atoms with van der Waals surface area (Å²) in [5, 5.41) is 3.26. The summed E-state index contributed by atoms with van der Waals surface area (Å²) >= 11 is 5.83. The van der Waals surface area contributed by atoms with Gasteiger partial charge in [-0.05, 0) is 54.4 Å². The largest absolute Gasteiger partial charge is 0.326 e. The van der Waals surface area contributed by atoms with E-state index in [1.807, 2.05) is 0 Å². The second-order valence-electron chi connectivity index (χ2n) is 6.42. The zero-order valence-electron chi connectivity index (χ0n) is 15.4. The highest BCUT2D eigenvalue weighted by Crippen LogP contribution is 2.24. The van der Waals surface area contributed by atoms with Crippen LogP contribution < -0.4 is 10.0 Å². The van der Waals surface area contributed by atoms with Crippen LogP contribution in [0.15, 0.2) is 71.6 Å². The van der Waals surface area contributed by atoms with E-state index in [0.29, 0.717) is 16.3 Å². The summed E-state index contributed by atoms with van der Waals surface area (Å²) in [7, 11) is -4.04. The third-order valence-corrected chi connectivity index (χ3v) is 5.92. The highest BCUT2D eigenvalue weighted by molar-refractivity contribution is 7.92. The number of hydrogen-bond donors (Lipinski definition) is 2. The number of carbonyl (C=O) groups is 1. The van der Waals surface area contributed by atoms with Crippen molar-refractivity contribution in [1.29, 1.82) is 0 Å². The molecule has 1 amide bonds. The molecular formula is C21H18ClFN2O3S. The third-order valence-electron chi connectivity index (χ3n) is 4.16. The van der Waals surface area contributed by atoms with Gasteiger partial charge in [-0.2, -0.15) is 0 Å². The van der Waals surface area contributed by atoms with Gasteiger partial charge in [0.05, 0.1) is 17.0 Å². The van der Waals surface area contributed by atoms with Crippen LogP contribution in [-0.4, -0.2) is 14.3 Å². The van der Waals surface area contributed by atoms with E-state index in [2.05, 4.69) is 10.0 Å². The van der Waals surface area contributed by atoms with Crippen molar-refractivity contribution in [2.24, 2.45) is 0 Å². The van der Waals surface area contributed by atoms with E-state index in [9.17, 15) is 17.6 Å². The van der Waals surface area contributed by atoms with E-state index in [1.165, 1.54) is 24.3 Å².